The van der Waals surface area contributed by atoms with E-state index in [0.29, 0.717) is 17.9 Å². The van der Waals surface area contributed by atoms with Crippen LogP contribution in [-0.4, -0.2) is 41.1 Å². The number of benzene rings is 1. The molecule has 1 atom stereocenters. The Bertz CT molecular complexity index is 631. The second-order valence-corrected chi connectivity index (χ2v) is 7.25. The minimum atomic E-state index is -0.726. The number of carbonyl (C=O) groups excluding carboxylic acids is 1. The molecule has 0 spiro atoms. The average molecular weight is 334 g/mol. The summed E-state index contributed by atoms with van der Waals surface area (Å²) in [5, 5.41) is 16.9. The van der Waals surface area contributed by atoms with Gasteiger partial charge in [-0.2, -0.15) is 0 Å². The van der Waals surface area contributed by atoms with Gasteiger partial charge in [0, 0.05) is 18.7 Å². The van der Waals surface area contributed by atoms with Crippen LogP contribution in [0.2, 0.25) is 0 Å². The van der Waals surface area contributed by atoms with Crippen molar-refractivity contribution in [2.75, 3.05) is 18.5 Å². The van der Waals surface area contributed by atoms with E-state index in [1.54, 1.807) is 11.9 Å². The molecule has 1 aliphatic rings. The summed E-state index contributed by atoms with van der Waals surface area (Å²) in [6, 6.07) is 6.00. The summed E-state index contributed by atoms with van der Waals surface area (Å²) in [7, 11) is 1.62. The molecule has 2 rings (SSSR count). The number of carbonyl (C=O) groups is 1. The number of rotatable bonds is 4. The summed E-state index contributed by atoms with van der Waals surface area (Å²) in [4.78, 5) is 19.8. The van der Waals surface area contributed by atoms with Gasteiger partial charge < -0.3 is 14.9 Å². The lowest BCUT2D eigenvalue weighted by Crippen LogP contribution is -2.42. The Hall–Kier alpha value is -2.31. The Morgan fingerprint density at radius 3 is 2.42 bits per heavy atom. The zero-order valence-electron chi connectivity index (χ0n) is 15.2. The van der Waals surface area contributed by atoms with Crippen LogP contribution in [0.5, 0.6) is 0 Å². The van der Waals surface area contributed by atoms with E-state index in [9.17, 15) is 10.0 Å². The van der Waals surface area contributed by atoms with Crippen LogP contribution in [0.3, 0.4) is 0 Å². The van der Waals surface area contributed by atoms with Gasteiger partial charge in [-0.1, -0.05) is 6.07 Å². The van der Waals surface area contributed by atoms with Gasteiger partial charge in [0.25, 0.3) is 5.91 Å². The van der Waals surface area contributed by atoms with Crippen LogP contribution in [0.1, 0.15) is 38.3 Å². The fourth-order valence-electron chi connectivity index (χ4n) is 2.52. The molecule has 1 aromatic carbocycles. The van der Waals surface area contributed by atoms with Gasteiger partial charge in [-0.3, -0.25) is 4.79 Å². The van der Waals surface area contributed by atoms with Gasteiger partial charge in [-0.15, -0.1) is 5.01 Å². The lowest BCUT2D eigenvalue weighted by atomic mass is 10.1. The largest absolute Gasteiger partial charge is 0.569 e. The third-order valence-corrected chi connectivity index (χ3v) is 4.15. The molecule has 0 N–H and O–H groups in total. The molecule has 0 saturated carbocycles. The Morgan fingerprint density at radius 1 is 1.29 bits per heavy atom. The van der Waals surface area contributed by atoms with Crippen molar-refractivity contribution in [3.63, 3.8) is 0 Å². The van der Waals surface area contributed by atoms with E-state index in [1.165, 1.54) is 5.01 Å². The first-order valence-electron chi connectivity index (χ1n) is 8.07. The van der Waals surface area contributed by atoms with Crippen molar-refractivity contribution >= 4 is 11.6 Å². The van der Waals surface area contributed by atoms with Crippen molar-refractivity contribution in [2.45, 2.75) is 52.7 Å². The molecule has 1 fully saturated rings. The molecule has 1 saturated heterocycles. The monoisotopic (exact) mass is 334 g/mol. The summed E-state index contributed by atoms with van der Waals surface area (Å²) >= 11 is 0. The summed E-state index contributed by atoms with van der Waals surface area (Å²) in [6.45, 7) is 10.2. The first-order valence-corrected chi connectivity index (χ1v) is 8.07. The van der Waals surface area contributed by atoms with Crippen LogP contribution in [-0.2, 0) is 9.63 Å². The fourth-order valence-corrected chi connectivity index (χ4v) is 2.52. The van der Waals surface area contributed by atoms with Gasteiger partial charge in [-0.05, 0) is 57.9 Å². The van der Waals surface area contributed by atoms with E-state index in [4.69, 9.17) is 4.84 Å². The van der Waals surface area contributed by atoms with Crippen molar-refractivity contribution in [3.8, 4) is 0 Å². The maximum absolute atomic E-state index is 12.5. The summed E-state index contributed by atoms with van der Waals surface area (Å²) in [5.41, 5.74) is 2.67. The molecule has 1 aliphatic heterocycles. The molecule has 1 amide bonds. The van der Waals surface area contributed by atoms with Crippen LogP contribution >= 0.6 is 0 Å². The van der Waals surface area contributed by atoms with Gasteiger partial charge in [0.2, 0.25) is 11.4 Å². The number of amides is 1. The lowest BCUT2D eigenvalue weighted by molar-refractivity contribution is -0.720. The zero-order valence-corrected chi connectivity index (χ0v) is 15.2. The predicted octanol–water partition coefficient (Wildman–Crippen LogP) is 2.95. The van der Waals surface area contributed by atoms with E-state index in [2.05, 4.69) is 11.3 Å². The lowest BCUT2D eigenvalue weighted by Gasteiger charge is -2.26. The van der Waals surface area contributed by atoms with Gasteiger partial charge in [-0.25, -0.2) is 0 Å². The number of hydrazine groups is 1. The van der Waals surface area contributed by atoms with Crippen molar-refractivity contribution in [3.05, 3.63) is 34.5 Å². The molecule has 24 heavy (non-hydrogen) atoms. The molecular formula is C17H26N4O3. The summed E-state index contributed by atoms with van der Waals surface area (Å²) in [6.07, 6.45) is -0.224. The van der Waals surface area contributed by atoms with Gasteiger partial charge in [0.1, 0.15) is 0 Å². The van der Waals surface area contributed by atoms with Crippen LogP contribution in [0.25, 0.3) is 0 Å². The zero-order chi connectivity index (χ0) is 18.1. The van der Waals surface area contributed by atoms with Crippen LogP contribution in [0.15, 0.2) is 23.5 Å². The third-order valence-electron chi connectivity index (χ3n) is 4.15. The molecule has 7 heteroatoms. The molecule has 132 valence electrons. The minimum Gasteiger partial charge on any atom is -0.569 e. The highest BCUT2D eigenvalue weighted by Gasteiger charge is 2.36. The topological polar surface area (TPSA) is 71.2 Å². The van der Waals surface area contributed by atoms with Crippen LogP contribution < -0.4 is 4.90 Å². The van der Waals surface area contributed by atoms with E-state index in [0.717, 1.165) is 16.8 Å². The predicted molar refractivity (Wildman–Crippen MR) is 91.3 cm³/mol. The molecule has 1 aromatic rings. The molecule has 7 nitrogen and oxygen atoms in total. The minimum absolute atomic E-state index is 0.171. The Morgan fingerprint density at radius 2 is 1.88 bits per heavy atom. The second kappa shape index (κ2) is 6.67. The highest BCUT2D eigenvalue weighted by molar-refractivity contribution is 5.98. The number of aryl methyl sites for hydroxylation is 2. The highest BCUT2D eigenvalue weighted by atomic mass is 16.7. The van der Waals surface area contributed by atoms with Crippen molar-refractivity contribution in [1.29, 1.82) is 0 Å². The molecule has 0 aliphatic carbocycles. The SMILES string of the molecule is Cc1cc(C)cc(N2CC[C@@H](O/N=[N+](\[O-])N(C)C(C)(C)C)C2=O)c1. The maximum atomic E-state index is 12.5. The van der Waals surface area contributed by atoms with Gasteiger partial charge >= 0.3 is 0 Å². The highest BCUT2D eigenvalue weighted by Crippen LogP contribution is 2.25. The van der Waals surface area contributed by atoms with Gasteiger partial charge in [0.05, 0.1) is 17.6 Å². The summed E-state index contributed by atoms with van der Waals surface area (Å²) < 4.78 is 0. The normalized spacial score (nSPS) is 18.9. The fraction of sp³-hybridized carbons (Fsp3) is 0.588. The molecule has 0 radical (unpaired) electrons. The van der Waals surface area contributed by atoms with Crippen molar-refractivity contribution in [1.82, 2.24) is 5.01 Å². The Balaban J connectivity index is 2.06. The third kappa shape index (κ3) is 3.96. The molecule has 0 unspecified atom stereocenters. The molecule has 0 aromatic heterocycles. The van der Waals surface area contributed by atoms with E-state index < -0.39 is 6.10 Å². The van der Waals surface area contributed by atoms with E-state index in [-0.39, 0.29) is 11.4 Å². The van der Waals surface area contributed by atoms with Crippen molar-refractivity contribution in [2.24, 2.45) is 5.28 Å². The average Bonchev–Trinajstić information content (AvgIpc) is 2.83. The second-order valence-electron chi connectivity index (χ2n) is 7.25. The quantitative estimate of drug-likeness (QED) is 0.482. The number of hydrogen-bond acceptors (Lipinski definition) is 4. The van der Waals surface area contributed by atoms with Crippen LogP contribution in [0.4, 0.5) is 5.69 Å². The molecule has 1 heterocycles. The first kappa shape index (κ1) is 18.0. The number of hydrogen-bond donors (Lipinski definition) is 0. The number of nitrogens with zero attached hydrogens (tertiary/aromatic N) is 4. The first-order chi connectivity index (χ1) is 11.1. The summed E-state index contributed by atoms with van der Waals surface area (Å²) in [5.74, 6) is -0.171. The van der Waals surface area contributed by atoms with Gasteiger partial charge in [0.15, 0.2) is 0 Å². The smallest absolute Gasteiger partial charge is 0.271 e. The standard InChI is InChI=1S/C17H26N4O3/c1-12-9-13(2)11-14(10-12)20-8-7-15(16(20)22)24-18-21(23)19(6)17(3,4)5/h9-11,15H,7-8H2,1-6H3/b21-18-/t15-/m1/s1. The van der Waals surface area contributed by atoms with E-state index >= 15 is 0 Å². The maximum Gasteiger partial charge on any atom is 0.271 e. The van der Waals surface area contributed by atoms with Crippen LogP contribution in [0, 0.1) is 19.1 Å². The van der Waals surface area contributed by atoms with E-state index in [1.807, 2.05) is 46.8 Å². The molecular weight excluding hydrogens is 308 g/mol. The van der Waals surface area contributed by atoms with Crippen molar-refractivity contribution < 1.29 is 14.6 Å². The Labute approximate surface area is 143 Å². The number of anilines is 1. The molecule has 0 bridgehead atoms. The Kier molecular flexibility index (Phi) is 5.01.